The van der Waals surface area contributed by atoms with E-state index in [0.717, 1.165) is 25.3 Å². The molecular weight excluding hydrogens is 276 g/mol. The van der Waals surface area contributed by atoms with Crippen molar-refractivity contribution in [3.63, 3.8) is 0 Å². The number of methoxy groups -OCH3 is 1. The predicted octanol–water partition coefficient (Wildman–Crippen LogP) is 0.638. The van der Waals surface area contributed by atoms with Crippen LogP contribution in [0.5, 0.6) is 5.88 Å². The Labute approximate surface area is 121 Å². The first-order chi connectivity index (χ1) is 10.0. The molecule has 21 heavy (non-hydrogen) atoms. The zero-order valence-corrected chi connectivity index (χ0v) is 11.8. The molecule has 1 unspecified atom stereocenters. The number of aromatic nitrogens is 1. The lowest BCUT2D eigenvalue weighted by molar-refractivity contribution is -0.142. The number of hydrogen-bond acceptors (Lipinski definition) is 5. The van der Waals surface area contributed by atoms with Crippen molar-refractivity contribution in [1.29, 1.82) is 0 Å². The molecule has 1 aliphatic rings. The molecule has 2 heterocycles. The van der Waals surface area contributed by atoms with Gasteiger partial charge in [0.15, 0.2) is 5.88 Å². The van der Waals surface area contributed by atoms with Crippen LogP contribution in [0.4, 0.5) is 0 Å². The third-order valence-corrected chi connectivity index (χ3v) is 3.59. The summed E-state index contributed by atoms with van der Waals surface area (Å²) in [5.41, 5.74) is -0.423. The number of nitrogens with one attached hydrogen (secondary N) is 1. The van der Waals surface area contributed by atoms with Crippen LogP contribution in [0.25, 0.3) is 0 Å². The van der Waals surface area contributed by atoms with Gasteiger partial charge in [-0.05, 0) is 19.3 Å². The maximum Gasteiger partial charge on any atom is 0.307 e. The van der Waals surface area contributed by atoms with Gasteiger partial charge in [0.25, 0.3) is 11.5 Å². The van der Waals surface area contributed by atoms with E-state index in [1.54, 1.807) is 4.90 Å². The summed E-state index contributed by atoms with van der Waals surface area (Å²) in [6, 6.07) is 2.12. The van der Waals surface area contributed by atoms with Gasteiger partial charge in [0.1, 0.15) is 0 Å². The minimum absolute atomic E-state index is 0.119. The van der Waals surface area contributed by atoms with Crippen LogP contribution < -0.4 is 5.56 Å². The number of aromatic hydroxyl groups is 1. The number of H-pyrrole nitrogens is 1. The normalized spacial score (nSPS) is 18.3. The van der Waals surface area contributed by atoms with E-state index in [1.807, 2.05) is 0 Å². The number of likely N-dealkylation sites (tertiary alicyclic amines) is 1. The topological polar surface area (TPSA) is 99.7 Å². The van der Waals surface area contributed by atoms with Crippen LogP contribution in [0, 0.1) is 0 Å². The lowest BCUT2D eigenvalue weighted by Gasteiger charge is -2.35. The van der Waals surface area contributed by atoms with Crippen LogP contribution >= 0.6 is 0 Å². The van der Waals surface area contributed by atoms with Gasteiger partial charge < -0.3 is 14.7 Å². The number of piperidine rings is 1. The molecule has 0 radical (unpaired) electrons. The Kier molecular flexibility index (Phi) is 4.62. The van der Waals surface area contributed by atoms with E-state index < -0.39 is 5.56 Å². The highest BCUT2D eigenvalue weighted by Crippen LogP contribution is 2.22. The average molecular weight is 294 g/mol. The molecule has 2 N–H and O–H groups in total. The monoisotopic (exact) mass is 294 g/mol. The van der Waals surface area contributed by atoms with Gasteiger partial charge in [0.05, 0.1) is 19.1 Å². The third-order valence-electron chi connectivity index (χ3n) is 3.59. The molecular formula is C14H18N2O5. The van der Waals surface area contributed by atoms with Crippen molar-refractivity contribution in [2.45, 2.75) is 31.7 Å². The quantitative estimate of drug-likeness (QED) is 0.797. The highest BCUT2D eigenvalue weighted by Gasteiger charge is 2.29. The number of nitrogens with zero attached hydrogens (tertiary/aromatic N) is 1. The second kappa shape index (κ2) is 6.43. The van der Waals surface area contributed by atoms with E-state index in [1.165, 1.54) is 13.2 Å². The summed E-state index contributed by atoms with van der Waals surface area (Å²) in [6.45, 7) is 0.522. The van der Waals surface area contributed by atoms with E-state index in [2.05, 4.69) is 9.72 Å². The van der Waals surface area contributed by atoms with Gasteiger partial charge in [-0.2, -0.15) is 0 Å². The molecule has 0 spiro atoms. The fraction of sp³-hybridized carbons (Fsp3) is 0.500. The molecule has 1 atom stereocenters. The summed E-state index contributed by atoms with van der Waals surface area (Å²) in [4.78, 5) is 39.0. The summed E-state index contributed by atoms with van der Waals surface area (Å²) >= 11 is 0. The Morgan fingerprint density at radius 1 is 1.43 bits per heavy atom. The first-order valence-corrected chi connectivity index (χ1v) is 6.82. The predicted molar refractivity (Wildman–Crippen MR) is 74.0 cm³/mol. The smallest absolute Gasteiger partial charge is 0.307 e. The lowest BCUT2D eigenvalue weighted by Crippen LogP contribution is -2.45. The van der Waals surface area contributed by atoms with E-state index >= 15 is 0 Å². The zero-order chi connectivity index (χ0) is 15.4. The van der Waals surface area contributed by atoms with E-state index in [4.69, 9.17) is 0 Å². The van der Waals surface area contributed by atoms with E-state index in [-0.39, 0.29) is 35.8 Å². The summed E-state index contributed by atoms with van der Waals surface area (Å²) in [5.74, 6) is -1.08. The Morgan fingerprint density at radius 3 is 2.86 bits per heavy atom. The zero-order valence-electron chi connectivity index (χ0n) is 11.8. The summed E-state index contributed by atoms with van der Waals surface area (Å²) < 4.78 is 4.65. The van der Waals surface area contributed by atoms with E-state index in [0.29, 0.717) is 6.54 Å². The fourth-order valence-electron chi connectivity index (χ4n) is 2.57. The van der Waals surface area contributed by atoms with Crippen LogP contribution in [0.2, 0.25) is 0 Å². The third kappa shape index (κ3) is 3.62. The highest BCUT2D eigenvalue weighted by molar-refractivity contribution is 5.95. The number of ether oxygens (including phenoxy) is 1. The summed E-state index contributed by atoms with van der Waals surface area (Å²) in [7, 11) is 1.31. The number of carbonyl (C=O) groups excluding carboxylic acids is 2. The SMILES string of the molecule is COC(=O)CC1CCCCN1C(=O)c1cc(O)[nH]c(=O)c1. The number of aromatic amines is 1. The van der Waals surface area contributed by atoms with Crippen molar-refractivity contribution in [2.24, 2.45) is 0 Å². The molecule has 1 saturated heterocycles. The first-order valence-electron chi connectivity index (χ1n) is 6.82. The Balaban J connectivity index is 2.21. The van der Waals surface area contributed by atoms with Gasteiger partial charge in [0, 0.05) is 24.7 Å². The summed E-state index contributed by atoms with van der Waals surface area (Å²) in [5, 5.41) is 9.39. The summed E-state index contributed by atoms with van der Waals surface area (Å²) in [6.07, 6.45) is 2.64. The van der Waals surface area contributed by atoms with Gasteiger partial charge in [0.2, 0.25) is 0 Å². The van der Waals surface area contributed by atoms with Crippen LogP contribution in [0.3, 0.4) is 0 Å². The van der Waals surface area contributed by atoms with Gasteiger partial charge in [-0.15, -0.1) is 0 Å². The van der Waals surface area contributed by atoms with Crippen molar-refractivity contribution in [3.05, 3.63) is 28.0 Å². The maximum atomic E-state index is 12.5. The number of rotatable bonds is 3. The molecule has 0 bridgehead atoms. The number of esters is 1. The second-order valence-corrected chi connectivity index (χ2v) is 5.05. The molecule has 1 aromatic rings. The number of pyridine rings is 1. The van der Waals surface area contributed by atoms with Gasteiger partial charge in [-0.25, -0.2) is 0 Å². The maximum absolute atomic E-state index is 12.5. The molecule has 0 aliphatic carbocycles. The van der Waals surface area contributed by atoms with Gasteiger partial charge in [-0.3, -0.25) is 19.4 Å². The van der Waals surface area contributed by atoms with Crippen molar-refractivity contribution in [1.82, 2.24) is 9.88 Å². The Hall–Kier alpha value is -2.31. The van der Waals surface area contributed by atoms with Crippen LogP contribution in [-0.4, -0.2) is 46.6 Å². The standard InChI is InChI=1S/C14H18N2O5/c1-21-13(19)8-10-4-2-3-5-16(10)14(20)9-6-11(17)15-12(18)7-9/h6-7,10H,2-5,8H2,1H3,(H2,15,17,18). The minimum atomic E-state index is -0.542. The molecule has 1 amide bonds. The van der Waals surface area contributed by atoms with Crippen LogP contribution in [0.1, 0.15) is 36.0 Å². The largest absolute Gasteiger partial charge is 0.494 e. The minimum Gasteiger partial charge on any atom is -0.494 e. The molecule has 2 rings (SSSR count). The van der Waals surface area contributed by atoms with Crippen LogP contribution in [0.15, 0.2) is 16.9 Å². The Morgan fingerprint density at radius 2 is 2.19 bits per heavy atom. The van der Waals surface area contributed by atoms with Crippen molar-refractivity contribution >= 4 is 11.9 Å². The van der Waals surface area contributed by atoms with Crippen molar-refractivity contribution in [3.8, 4) is 5.88 Å². The fourth-order valence-corrected chi connectivity index (χ4v) is 2.57. The molecule has 1 aromatic heterocycles. The highest BCUT2D eigenvalue weighted by atomic mass is 16.5. The first kappa shape index (κ1) is 15.1. The van der Waals surface area contributed by atoms with Crippen molar-refractivity contribution in [2.75, 3.05) is 13.7 Å². The lowest BCUT2D eigenvalue weighted by atomic mass is 9.98. The molecule has 0 aromatic carbocycles. The van der Waals surface area contributed by atoms with E-state index in [9.17, 15) is 19.5 Å². The molecule has 0 saturated carbocycles. The molecule has 7 heteroatoms. The number of hydrogen-bond donors (Lipinski definition) is 2. The average Bonchev–Trinajstić information content (AvgIpc) is 2.46. The second-order valence-electron chi connectivity index (χ2n) is 5.05. The van der Waals surface area contributed by atoms with Crippen molar-refractivity contribution < 1.29 is 19.4 Å². The number of amides is 1. The molecule has 114 valence electrons. The van der Waals surface area contributed by atoms with Gasteiger partial charge >= 0.3 is 5.97 Å². The van der Waals surface area contributed by atoms with Crippen LogP contribution in [-0.2, 0) is 9.53 Å². The van der Waals surface area contributed by atoms with Gasteiger partial charge in [-0.1, -0.05) is 0 Å². The molecule has 1 aliphatic heterocycles. The molecule has 7 nitrogen and oxygen atoms in total. The molecule has 1 fully saturated rings. The Bertz CT molecular complexity index is 595. The number of carbonyl (C=O) groups is 2.